The van der Waals surface area contributed by atoms with Gasteiger partial charge in [0.15, 0.2) is 0 Å². The molecule has 61 valence electrons. The Labute approximate surface area is 64.2 Å². The minimum Gasteiger partial charge on any atom is -0.394 e. The van der Waals surface area contributed by atoms with Gasteiger partial charge in [-0.25, -0.2) is 0 Å². The Morgan fingerprint density at radius 2 is 1.22 bits per heavy atom. The van der Waals surface area contributed by atoms with E-state index in [-0.39, 0.29) is 17.1 Å². The van der Waals surface area contributed by atoms with Crippen LogP contribution < -0.4 is 5.73 Å². The molecule has 5 heteroatoms. The normalized spacial score (nSPS) is 10.7. The molecule has 5 N–H and O–H groups in total. The molecule has 0 aliphatic rings. The summed E-state index contributed by atoms with van der Waals surface area (Å²) in [6.07, 6.45) is 0. The monoisotopic (exact) mass is 184 g/mol. The zero-order valence-electron chi connectivity index (χ0n) is 4.84. The third kappa shape index (κ3) is 3.86. The second-order valence-electron chi connectivity index (χ2n) is 1.84. The van der Waals surface area contributed by atoms with E-state index >= 15 is 0 Å². The van der Waals surface area contributed by atoms with Crippen LogP contribution >= 0.6 is 0 Å². The molecule has 0 fully saturated rings. The quantitative estimate of drug-likeness (QED) is 0.371. The van der Waals surface area contributed by atoms with E-state index < -0.39 is 25.4 Å². The molecule has 1 radical (unpaired) electrons. The predicted octanol–water partition coefficient (Wildman–Crippen LogP) is -2.34. The second kappa shape index (κ2) is 5.17. The first-order chi connectivity index (χ1) is 3.68. The molecule has 0 spiro atoms. The number of nitrogens with two attached hydrogens (primary N) is 1. The number of rotatable bonds is 3. The van der Waals surface area contributed by atoms with Crippen LogP contribution in [0.25, 0.3) is 0 Å². The molecule has 0 bridgehead atoms. The van der Waals surface area contributed by atoms with Crippen molar-refractivity contribution < 1.29 is 32.4 Å². The molecule has 0 saturated heterocycles. The van der Waals surface area contributed by atoms with Crippen LogP contribution in [0.3, 0.4) is 0 Å². The topological polar surface area (TPSA) is 86.7 Å². The van der Waals surface area contributed by atoms with Crippen LogP contribution in [0.5, 0.6) is 0 Å². The average molecular weight is 185 g/mol. The van der Waals surface area contributed by atoms with Crippen LogP contribution in [0.15, 0.2) is 0 Å². The van der Waals surface area contributed by atoms with Crippen LogP contribution in [-0.2, 0) is 17.1 Å². The van der Waals surface area contributed by atoms with Crippen molar-refractivity contribution in [3.05, 3.63) is 0 Å². The summed E-state index contributed by atoms with van der Waals surface area (Å²) in [7, 11) is 0. The molecule has 0 amide bonds. The fourth-order valence-electron chi connectivity index (χ4n) is 0.150. The van der Waals surface area contributed by atoms with Gasteiger partial charge in [0, 0.05) is 17.1 Å². The van der Waals surface area contributed by atoms with Crippen LogP contribution in [0.4, 0.5) is 0 Å². The van der Waals surface area contributed by atoms with Crippen molar-refractivity contribution in [1.82, 2.24) is 0 Å². The van der Waals surface area contributed by atoms with Crippen molar-refractivity contribution in [2.45, 2.75) is 5.54 Å². The maximum Gasteiger partial charge on any atom is 0.0856 e. The summed E-state index contributed by atoms with van der Waals surface area (Å²) >= 11 is 0. The summed E-state index contributed by atoms with van der Waals surface area (Å²) in [5.74, 6) is 0. The van der Waals surface area contributed by atoms with Gasteiger partial charge in [0.2, 0.25) is 0 Å². The molecule has 0 aromatic heterocycles. The van der Waals surface area contributed by atoms with Crippen LogP contribution in [0, 0.1) is 0 Å². The molecule has 0 rings (SSSR count). The van der Waals surface area contributed by atoms with Crippen molar-refractivity contribution in [1.29, 1.82) is 0 Å². The van der Waals surface area contributed by atoms with Gasteiger partial charge >= 0.3 is 0 Å². The molecule has 0 aromatic rings. The molecule has 0 unspecified atom stereocenters. The maximum absolute atomic E-state index is 8.34. The Kier molecular flexibility index (Phi) is 6.93. The van der Waals surface area contributed by atoms with Crippen molar-refractivity contribution in [3.63, 3.8) is 0 Å². The molecule has 0 aromatic carbocycles. The summed E-state index contributed by atoms with van der Waals surface area (Å²) in [5, 5.41) is 25.0. The standard InChI is InChI=1S/C4H11NO3.Cu/c5-4(1-6,2-7)3-8;/h6-8H,1-3,5H2;. The van der Waals surface area contributed by atoms with Crippen molar-refractivity contribution >= 4 is 0 Å². The molecule has 9 heavy (non-hydrogen) atoms. The predicted molar refractivity (Wildman–Crippen MR) is 28.2 cm³/mol. The van der Waals surface area contributed by atoms with Gasteiger partial charge in [-0.15, -0.1) is 0 Å². The van der Waals surface area contributed by atoms with E-state index in [4.69, 9.17) is 21.1 Å². The Bertz CT molecular complexity index is 58.6. The van der Waals surface area contributed by atoms with Gasteiger partial charge in [-0.3, -0.25) is 0 Å². The van der Waals surface area contributed by atoms with Gasteiger partial charge < -0.3 is 21.1 Å². The van der Waals surface area contributed by atoms with Gasteiger partial charge in [-0.05, 0) is 0 Å². The van der Waals surface area contributed by atoms with Crippen molar-refractivity contribution in [3.8, 4) is 0 Å². The summed E-state index contributed by atoms with van der Waals surface area (Å²) in [5.41, 5.74) is 3.94. The van der Waals surface area contributed by atoms with Gasteiger partial charge in [-0.2, -0.15) is 0 Å². The second-order valence-corrected chi connectivity index (χ2v) is 1.84. The summed E-state index contributed by atoms with van der Waals surface area (Å²) in [6, 6.07) is 0. The molecular weight excluding hydrogens is 174 g/mol. The molecule has 0 atom stereocenters. The van der Waals surface area contributed by atoms with Crippen LogP contribution in [0.1, 0.15) is 0 Å². The number of aliphatic hydroxyl groups excluding tert-OH is 3. The largest absolute Gasteiger partial charge is 0.394 e. The molecule has 0 aliphatic carbocycles. The van der Waals surface area contributed by atoms with E-state index in [2.05, 4.69) is 0 Å². The summed E-state index contributed by atoms with van der Waals surface area (Å²) in [6.45, 7) is -1.21. The fourth-order valence-corrected chi connectivity index (χ4v) is 0.150. The SMILES string of the molecule is NC(CO)(CO)CO.[Cu]. The van der Waals surface area contributed by atoms with Gasteiger partial charge in [0.25, 0.3) is 0 Å². The average Bonchev–Trinajstić information content (AvgIpc) is 1.87. The zero-order chi connectivity index (χ0) is 6.62. The van der Waals surface area contributed by atoms with E-state index in [9.17, 15) is 0 Å². The van der Waals surface area contributed by atoms with Crippen molar-refractivity contribution in [2.75, 3.05) is 19.8 Å². The fraction of sp³-hybridized carbons (Fsp3) is 1.00. The molecular formula is C4H11CuNO3. The first-order valence-corrected chi connectivity index (χ1v) is 2.30. The maximum atomic E-state index is 8.34. The van der Waals surface area contributed by atoms with Crippen molar-refractivity contribution in [2.24, 2.45) is 5.73 Å². The van der Waals surface area contributed by atoms with E-state index in [1.54, 1.807) is 0 Å². The van der Waals surface area contributed by atoms with E-state index in [1.165, 1.54) is 0 Å². The first kappa shape index (κ1) is 12.1. The Balaban J connectivity index is 0. The third-order valence-electron chi connectivity index (χ3n) is 0.945. The Morgan fingerprint density at radius 1 is 1.00 bits per heavy atom. The van der Waals surface area contributed by atoms with Gasteiger partial charge in [0.05, 0.1) is 25.4 Å². The van der Waals surface area contributed by atoms with Gasteiger partial charge in [-0.1, -0.05) is 0 Å². The minimum absolute atomic E-state index is 0. The van der Waals surface area contributed by atoms with E-state index in [1.807, 2.05) is 0 Å². The summed E-state index contributed by atoms with van der Waals surface area (Å²) < 4.78 is 0. The smallest absolute Gasteiger partial charge is 0.0856 e. The molecule has 0 aliphatic heterocycles. The summed E-state index contributed by atoms with van der Waals surface area (Å²) in [4.78, 5) is 0. The van der Waals surface area contributed by atoms with E-state index in [0.29, 0.717) is 0 Å². The first-order valence-electron chi connectivity index (χ1n) is 2.30. The molecule has 0 heterocycles. The molecule has 0 saturated carbocycles. The number of hydrogen-bond donors (Lipinski definition) is 4. The Hall–Kier alpha value is 0.359. The van der Waals surface area contributed by atoms with Gasteiger partial charge in [0.1, 0.15) is 0 Å². The number of aliphatic hydroxyl groups is 3. The third-order valence-corrected chi connectivity index (χ3v) is 0.945. The van der Waals surface area contributed by atoms with Crippen LogP contribution in [-0.4, -0.2) is 40.7 Å². The molecule has 4 nitrogen and oxygen atoms in total. The van der Waals surface area contributed by atoms with E-state index in [0.717, 1.165) is 0 Å². The minimum atomic E-state index is -1.21. The zero-order valence-corrected chi connectivity index (χ0v) is 5.78. The van der Waals surface area contributed by atoms with Crippen LogP contribution in [0.2, 0.25) is 0 Å². The Morgan fingerprint density at radius 3 is 1.22 bits per heavy atom. The number of hydrogen-bond acceptors (Lipinski definition) is 4.